The lowest BCUT2D eigenvalue weighted by molar-refractivity contribution is 0.949. The van der Waals surface area contributed by atoms with Crippen molar-refractivity contribution >= 4 is 23.0 Å². The average Bonchev–Trinajstić information content (AvgIpc) is 3.01. The lowest BCUT2D eigenvalue weighted by Crippen LogP contribution is -2.17. The van der Waals surface area contributed by atoms with Crippen molar-refractivity contribution in [2.75, 3.05) is 23.3 Å². The second kappa shape index (κ2) is 6.19. The number of nitrogens with zero attached hydrogens (tertiary/aromatic N) is 1. The first-order valence-electron chi connectivity index (χ1n) is 7.14. The first-order chi connectivity index (χ1) is 9.81. The number of hydrogen-bond acceptors (Lipinski definition) is 2. The van der Waals surface area contributed by atoms with Crippen LogP contribution in [0.2, 0.25) is 5.02 Å². The van der Waals surface area contributed by atoms with E-state index in [2.05, 4.69) is 34.5 Å². The van der Waals surface area contributed by atoms with Gasteiger partial charge >= 0.3 is 0 Å². The molecule has 0 bridgehead atoms. The summed E-state index contributed by atoms with van der Waals surface area (Å²) in [6, 6.07) is 16.7. The van der Waals surface area contributed by atoms with Crippen LogP contribution in [-0.4, -0.2) is 13.1 Å². The summed E-state index contributed by atoms with van der Waals surface area (Å²) in [5.74, 6) is 0. The maximum atomic E-state index is 5.88. The fraction of sp³-hybridized carbons (Fsp3) is 0.294. The average molecular weight is 287 g/mol. The smallest absolute Gasteiger partial charge is 0.0407 e. The van der Waals surface area contributed by atoms with E-state index in [-0.39, 0.29) is 0 Å². The van der Waals surface area contributed by atoms with Crippen molar-refractivity contribution in [3.8, 4) is 0 Å². The molecule has 0 amide bonds. The zero-order valence-corrected chi connectivity index (χ0v) is 12.2. The van der Waals surface area contributed by atoms with Crippen LogP contribution in [0.25, 0.3) is 0 Å². The SMILES string of the molecule is Clc1ccc(NCc2ccc(N3CCCC3)cc2)cc1. The van der Waals surface area contributed by atoms with Crippen molar-refractivity contribution in [2.24, 2.45) is 0 Å². The lowest BCUT2D eigenvalue weighted by atomic mass is 10.2. The van der Waals surface area contributed by atoms with Crippen LogP contribution in [0.1, 0.15) is 18.4 Å². The third-order valence-electron chi connectivity index (χ3n) is 3.75. The Morgan fingerprint density at radius 2 is 1.55 bits per heavy atom. The van der Waals surface area contributed by atoms with Crippen molar-refractivity contribution in [3.05, 3.63) is 59.1 Å². The molecule has 0 radical (unpaired) electrons. The van der Waals surface area contributed by atoms with Crippen LogP contribution in [0.15, 0.2) is 48.5 Å². The molecule has 3 rings (SSSR count). The fourth-order valence-corrected chi connectivity index (χ4v) is 2.70. The van der Waals surface area contributed by atoms with E-state index in [1.807, 2.05) is 24.3 Å². The number of hydrogen-bond donors (Lipinski definition) is 1. The Labute approximate surface area is 125 Å². The zero-order chi connectivity index (χ0) is 13.8. The zero-order valence-electron chi connectivity index (χ0n) is 11.5. The molecule has 20 heavy (non-hydrogen) atoms. The first kappa shape index (κ1) is 13.3. The van der Waals surface area contributed by atoms with E-state index in [0.717, 1.165) is 17.3 Å². The molecule has 0 spiro atoms. The van der Waals surface area contributed by atoms with Gasteiger partial charge in [-0.05, 0) is 54.8 Å². The topological polar surface area (TPSA) is 15.3 Å². The predicted octanol–water partition coefficient (Wildman–Crippen LogP) is 4.55. The van der Waals surface area contributed by atoms with E-state index in [9.17, 15) is 0 Å². The van der Waals surface area contributed by atoms with Crippen molar-refractivity contribution in [3.63, 3.8) is 0 Å². The van der Waals surface area contributed by atoms with E-state index in [1.165, 1.54) is 37.2 Å². The van der Waals surface area contributed by atoms with Crippen molar-refractivity contribution in [2.45, 2.75) is 19.4 Å². The molecule has 1 aliphatic heterocycles. The highest BCUT2D eigenvalue weighted by Crippen LogP contribution is 2.21. The minimum absolute atomic E-state index is 0.769. The Balaban J connectivity index is 1.59. The number of rotatable bonds is 4. The number of benzene rings is 2. The fourth-order valence-electron chi connectivity index (χ4n) is 2.57. The quantitative estimate of drug-likeness (QED) is 0.887. The van der Waals surface area contributed by atoms with E-state index < -0.39 is 0 Å². The normalized spacial score (nSPS) is 14.6. The van der Waals surface area contributed by atoms with Crippen molar-refractivity contribution < 1.29 is 0 Å². The summed E-state index contributed by atoms with van der Waals surface area (Å²) in [4.78, 5) is 2.45. The van der Waals surface area contributed by atoms with Gasteiger partial charge in [-0.2, -0.15) is 0 Å². The van der Waals surface area contributed by atoms with Crippen LogP contribution in [-0.2, 0) is 6.54 Å². The predicted molar refractivity (Wildman–Crippen MR) is 86.7 cm³/mol. The molecule has 1 aliphatic rings. The molecule has 1 fully saturated rings. The summed E-state index contributed by atoms with van der Waals surface area (Å²) in [6.45, 7) is 3.23. The maximum absolute atomic E-state index is 5.88. The van der Waals surface area contributed by atoms with Crippen LogP contribution < -0.4 is 10.2 Å². The summed E-state index contributed by atoms with van der Waals surface area (Å²) >= 11 is 5.88. The molecule has 1 N–H and O–H groups in total. The summed E-state index contributed by atoms with van der Waals surface area (Å²) in [7, 11) is 0. The van der Waals surface area contributed by atoms with Crippen LogP contribution in [0, 0.1) is 0 Å². The molecule has 0 unspecified atom stereocenters. The Morgan fingerprint density at radius 1 is 0.900 bits per heavy atom. The van der Waals surface area contributed by atoms with Crippen LogP contribution in [0.5, 0.6) is 0 Å². The van der Waals surface area contributed by atoms with Gasteiger partial charge in [-0.1, -0.05) is 23.7 Å². The Morgan fingerprint density at radius 3 is 2.20 bits per heavy atom. The summed E-state index contributed by atoms with van der Waals surface area (Å²) in [5.41, 5.74) is 3.73. The van der Waals surface area contributed by atoms with Gasteiger partial charge in [0, 0.05) is 36.0 Å². The Bertz CT molecular complexity index is 542. The summed E-state index contributed by atoms with van der Waals surface area (Å²) in [6.07, 6.45) is 2.64. The number of anilines is 2. The van der Waals surface area contributed by atoms with Gasteiger partial charge in [0.05, 0.1) is 0 Å². The van der Waals surface area contributed by atoms with Crippen LogP contribution in [0.3, 0.4) is 0 Å². The molecule has 0 saturated carbocycles. The van der Waals surface area contributed by atoms with Crippen LogP contribution in [0.4, 0.5) is 11.4 Å². The van der Waals surface area contributed by atoms with Crippen LogP contribution >= 0.6 is 11.6 Å². The minimum Gasteiger partial charge on any atom is -0.381 e. The molecular weight excluding hydrogens is 268 g/mol. The van der Waals surface area contributed by atoms with E-state index in [1.54, 1.807) is 0 Å². The highest BCUT2D eigenvalue weighted by molar-refractivity contribution is 6.30. The largest absolute Gasteiger partial charge is 0.381 e. The summed E-state index contributed by atoms with van der Waals surface area (Å²) in [5, 5.41) is 4.17. The van der Waals surface area contributed by atoms with Gasteiger partial charge in [0.2, 0.25) is 0 Å². The van der Waals surface area contributed by atoms with E-state index >= 15 is 0 Å². The van der Waals surface area contributed by atoms with Gasteiger partial charge in [0.25, 0.3) is 0 Å². The second-order valence-electron chi connectivity index (χ2n) is 5.22. The lowest BCUT2D eigenvalue weighted by Gasteiger charge is -2.17. The molecule has 1 saturated heterocycles. The Kier molecular flexibility index (Phi) is 4.12. The molecule has 2 aromatic rings. The van der Waals surface area contributed by atoms with Gasteiger partial charge in [0.1, 0.15) is 0 Å². The monoisotopic (exact) mass is 286 g/mol. The van der Waals surface area contributed by atoms with Gasteiger partial charge < -0.3 is 10.2 Å². The third-order valence-corrected chi connectivity index (χ3v) is 4.00. The number of halogens is 1. The summed E-state index contributed by atoms with van der Waals surface area (Å²) < 4.78 is 0. The van der Waals surface area contributed by atoms with Gasteiger partial charge in [-0.3, -0.25) is 0 Å². The molecule has 1 heterocycles. The third kappa shape index (κ3) is 3.26. The minimum atomic E-state index is 0.769. The van der Waals surface area contributed by atoms with E-state index in [0.29, 0.717) is 0 Å². The molecular formula is C17H19ClN2. The van der Waals surface area contributed by atoms with Gasteiger partial charge in [0.15, 0.2) is 0 Å². The number of nitrogens with one attached hydrogen (secondary N) is 1. The molecule has 0 aliphatic carbocycles. The molecule has 0 atom stereocenters. The van der Waals surface area contributed by atoms with E-state index in [4.69, 9.17) is 11.6 Å². The second-order valence-corrected chi connectivity index (χ2v) is 5.66. The molecule has 2 aromatic carbocycles. The highest BCUT2D eigenvalue weighted by Gasteiger charge is 2.11. The molecule has 3 heteroatoms. The van der Waals surface area contributed by atoms with Crippen molar-refractivity contribution in [1.29, 1.82) is 0 Å². The first-order valence-corrected chi connectivity index (χ1v) is 7.52. The molecule has 104 valence electrons. The van der Waals surface area contributed by atoms with Gasteiger partial charge in [-0.25, -0.2) is 0 Å². The maximum Gasteiger partial charge on any atom is 0.0407 e. The van der Waals surface area contributed by atoms with Gasteiger partial charge in [-0.15, -0.1) is 0 Å². The molecule has 2 nitrogen and oxygen atoms in total. The highest BCUT2D eigenvalue weighted by atomic mass is 35.5. The molecule has 0 aromatic heterocycles. The standard InChI is InChI=1S/C17H19ClN2/c18-15-5-7-16(8-6-15)19-13-14-3-9-17(10-4-14)20-11-1-2-12-20/h3-10,19H,1-2,11-13H2. The Hall–Kier alpha value is -1.67. The van der Waals surface area contributed by atoms with Crippen molar-refractivity contribution in [1.82, 2.24) is 0 Å².